The predicted octanol–water partition coefficient (Wildman–Crippen LogP) is 1.14. The van der Waals surface area contributed by atoms with Crippen LogP contribution >= 0.6 is 0 Å². The zero-order valence-electron chi connectivity index (χ0n) is 12.0. The molecule has 2 fully saturated rings. The third-order valence-corrected chi connectivity index (χ3v) is 4.67. The summed E-state index contributed by atoms with van der Waals surface area (Å²) in [4.78, 5) is 14.6. The molecule has 5 nitrogen and oxygen atoms in total. The molecular weight excluding hydrogens is 268 g/mol. The Morgan fingerprint density at radius 3 is 2.57 bits per heavy atom. The molecule has 1 aromatic carbocycles. The van der Waals surface area contributed by atoms with Gasteiger partial charge in [-0.2, -0.15) is 0 Å². The molecule has 0 bridgehead atoms. The molecule has 0 aliphatic carbocycles. The second kappa shape index (κ2) is 5.22. The number of hydrogen-bond acceptors (Lipinski definition) is 4. The summed E-state index contributed by atoms with van der Waals surface area (Å²) in [5, 5.41) is 3.40. The van der Waals surface area contributed by atoms with Crippen LogP contribution in [0.4, 0.5) is 0 Å². The summed E-state index contributed by atoms with van der Waals surface area (Å²) >= 11 is 0. The Labute approximate surface area is 124 Å². The average molecular weight is 288 g/mol. The summed E-state index contributed by atoms with van der Waals surface area (Å²) in [5.74, 6) is 2.79. The smallest absolute Gasteiger partial charge is 0.254 e. The summed E-state index contributed by atoms with van der Waals surface area (Å²) in [5.41, 5.74) is 0.701. The van der Waals surface area contributed by atoms with E-state index < -0.39 is 0 Å². The Hall–Kier alpha value is -1.75. The highest BCUT2D eigenvalue weighted by Crippen LogP contribution is 2.32. The van der Waals surface area contributed by atoms with E-state index in [4.69, 9.17) is 9.47 Å². The van der Waals surface area contributed by atoms with Gasteiger partial charge in [0, 0.05) is 38.2 Å². The highest BCUT2D eigenvalue weighted by atomic mass is 16.5. The molecular formula is C16H20N2O3. The molecule has 1 N–H and O–H groups in total. The molecule has 112 valence electrons. The van der Waals surface area contributed by atoms with Crippen molar-refractivity contribution in [2.24, 2.45) is 11.8 Å². The summed E-state index contributed by atoms with van der Waals surface area (Å²) in [6, 6.07) is 5.53. The van der Waals surface area contributed by atoms with Crippen LogP contribution in [0, 0.1) is 11.8 Å². The Kier molecular flexibility index (Phi) is 3.22. The van der Waals surface area contributed by atoms with Gasteiger partial charge in [-0.15, -0.1) is 0 Å². The van der Waals surface area contributed by atoms with Crippen LogP contribution in [-0.2, 0) is 0 Å². The zero-order chi connectivity index (χ0) is 14.2. The van der Waals surface area contributed by atoms with Crippen molar-refractivity contribution >= 4 is 5.91 Å². The number of nitrogens with zero attached hydrogens (tertiary/aromatic N) is 1. The third kappa shape index (κ3) is 2.35. The van der Waals surface area contributed by atoms with Crippen molar-refractivity contribution in [3.63, 3.8) is 0 Å². The van der Waals surface area contributed by atoms with Crippen molar-refractivity contribution in [1.82, 2.24) is 10.2 Å². The fraction of sp³-hybridized carbons (Fsp3) is 0.562. The number of ether oxygens (including phenoxy) is 2. The van der Waals surface area contributed by atoms with E-state index in [-0.39, 0.29) is 5.91 Å². The molecule has 2 saturated heterocycles. The van der Waals surface area contributed by atoms with E-state index in [1.165, 1.54) is 0 Å². The maximum absolute atomic E-state index is 12.7. The maximum atomic E-state index is 12.7. The molecule has 2 atom stereocenters. The Morgan fingerprint density at radius 2 is 1.81 bits per heavy atom. The van der Waals surface area contributed by atoms with Crippen LogP contribution in [0.15, 0.2) is 18.2 Å². The molecule has 5 heteroatoms. The quantitative estimate of drug-likeness (QED) is 0.842. The lowest BCUT2D eigenvalue weighted by atomic mass is 10.0. The molecule has 0 radical (unpaired) electrons. The van der Waals surface area contributed by atoms with Gasteiger partial charge >= 0.3 is 0 Å². The van der Waals surface area contributed by atoms with Crippen molar-refractivity contribution in [2.75, 3.05) is 39.4 Å². The summed E-state index contributed by atoms with van der Waals surface area (Å²) in [6.45, 7) is 5.12. The van der Waals surface area contributed by atoms with Gasteiger partial charge in [-0.1, -0.05) is 0 Å². The minimum Gasteiger partial charge on any atom is -0.490 e. The Balaban J connectivity index is 1.53. The van der Waals surface area contributed by atoms with Gasteiger partial charge in [0.2, 0.25) is 0 Å². The van der Waals surface area contributed by atoms with Gasteiger partial charge < -0.3 is 19.7 Å². The van der Waals surface area contributed by atoms with Crippen LogP contribution in [0.3, 0.4) is 0 Å². The molecule has 3 aliphatic rings. The number of likely N-dealkylation sites (tertiary alicyclic amines) is 1. The lowest BCUT2D eigenvalue weighted by Crippen LogP contribution is -2.31. The zero-order valence-corrected chi connectivity index (χ0v) is 12.0. The van der Waals surface area contributed by atoms with Crippen molar-refractivity contribution in [2.45, 2.75) is 6.42 Å². The van der Waals surface area contributed by atoms with Crippen molar-refractivity contribution in [1.29, 1.82) is 0 Å². The molecule has 0 saturated carbocycles. The van der Waals surface area contributed by atoms with Crippen LogP contribution in [0.5, 0.6) is 11.5 Å². The van der Waals surface area contributed by atoms with Gasteiger partial charge in [-0.05, 0) is 30.0 Å². The van der Waals surface area contributed by atoms with E-state index in [1.54, 1.807) is 0 Å². The van der Waals surface area contributed by atoms with Crippen LogP contribution in [0.25, 0.3) is 0 Å². The van der Waals surface area contributed by atoms with E-state index in [1.807, 2.05) is 23.1 Å². The van der Waals surface area contributed by atoms with E-state index in [2.05, 4.69) is 5.32 Å². The number of hydrogen-bond donors (Lipinski definition) is 1. The largest absolute Gasteiger partial charge is 0.490 e. The Morgan fingerprint density at radius 1 is 1.10 bits per heavy atom. The molecule has 1 amide bonds. The van der Waals surface area contributed by atoms with E-state index >= 15 is 0 Å². The third-order valence-electron chi connectivity index (χ3n) is 4.67. The minimum absolute atomic E-state index is 0.111. The first kappa shape index (κ1) is 13.0. The fourth-order valence-electron chi connectivity index (χ4n) is 3.50. The standard InChI is InChI=1S/C16H20N2O3/c19-16(18-9-12-7-17-8-13(12)10-18)11-2-3-14-15(6-11)21-5-1-4-20-14/h2-3,6,12-13,17H,1,4-5,7-10H2/t12-,13+. The van der Waals surface area contributed by atoms with E-state index in [9.17, 15) is 4.79 Å². The molecule has 3 heterocycles. The number of amides is 1. The summed E-state index contributed by atoms with van der Waals surface area (Å²) in [7, 11) is 0. The highest BCUT2D eigenvalue weighted by molar-refractivity contribution is 5.95. The van der Waals surface area contributed by atoms with Gasteiger partial charge in [0.25, 0.3) is 5.91 Å². The van der Waals surface area contributed by atoms with Gasteiger partial charge in [-0.3, -0.25) is 4.79 Å². The lowest BCUT2D eigenvalue weighted by Gasteiger charge is -2.18. The highest BCUT2D eigenvalue weighted by Gasteiger charge is 2.38. The second-order valence-corrected chi connectivity index (χ2v) is 6.10. The minimum atomic E-state index is 0.111. The van der Waals surface area contributed by atoms with E-state index in [0.717, 1.165) is 38.3 Å². The SMILES string of the molecule is O=C(c1ccc2c(c1)OCCCO2)N1C[C@H]2CNC[C@H]2C1. The fourth-order valence-corrected chi connectivity index (χ4v) is 3.50. The first-order chi connectivity index (χ1) is 10.3. The van der Waals surface area contributed by atoms with Gasteiger partial charge in [-0.25, -0.2) is 0 Å². The average Bonchev–Trinajstić information content (AvgIpc) is 3.00. The van der Waals surface area contributed by atoms with Crippen LogP contribution in [0.2, 0.25) is 0 Å². The molecule has 0 unspecified atom stereocenters. The first-order valence-corrected chi connectivity index (χ1v) is 7.71. The second-order valence-electron chi connectivity index (χ2n) is 6.10. The number of benzene rings is 1. The molecule has 0 aromatic heterocycles. The van der Waals surface area contributed by atoms with Crippen molar-refractivity contribution in [3.8, 4) is 11.5 Å². The molecule has 0 spiro atoms. The van der Waals surface area contributed by atoms with Crippen molar-refractivity contribution < 1.29 is 14.3 Å². The number of fused-ring (bicyclic) bond motifs is 2. The van der Waals surface area contributed by atoms with Crippen LogP contribution in [0.1, 0.15) is 16.8 Å². The van der Waals surface area contributed by atoms with Crippen LogP contribution in [-0.4, -0.2) is 50.2 Å². The van der Waals surface area contributed by atoms with Gasteiger partial charge in [0.1, 0.15) is 0 Å². The molecule has 21 heavy (non-hydrogen) atoms. The number of carbonyl (C=O) groups is 1. The molecule has 3 aliphatic heterocycles. The van der Waals surface area contributed by atoms with E-state index in [0.29, 0.717) is 36.4 Å². The lowest BCUT2D eigenvalue weighted by molar-refractivity contribution is 0.0781. The Bertz CT molecular complexity index is 548. The molecule has 4 rings (SSSR count). The van der Waals surface area contributed by atoms with Gasteiger partial charge in [0.05, 0.1) is 13.2 Å². The maximum Gasteiger partial charge on any atom is 0.254 e. The van der Waals surface area contributed by atoms with Crippen LogP contribution < -0.4 is 14.8 Å². The summed E-state index contributed by atoms with van der Waals surface area (Å²) in [6.07, 6.45) is 0.875. The molecule has 1 aromatic rings. The first-order valence-electron chi connectivity index (χ1n) is 7.71. The number of rotatable bonds is 1. The monoisotopic (exact) mass is 288 g/mol. The normalized spacial score (nSPS) is 27.3. The van der Waals surface area contributed by atoms with Gasteiger partial charge in [0.15, 0.2) is 11.5 Å². The topological polar surface area (TPSA) is 50.8 Å². The predicted molar refractivity (Wildman–Crippen MR) is 77.8 cm³/mol. The van der Waals surface area contributed by atoms with Crippen molar-refractivity contribution in [3.05, 3.63) is 23.8 Å². The summed E-state index contributed by atoms with van der Waals surface area (Å²) < 4.78 is 11.3. The number of carbonyl (C=O) groups excluding carboxylic acids is 1. The number of nitrogens with one attached hydrogen (secondary N) is 1.